The first-order valence-corrected chi connectivity index (χ1v) is 8.02. The largest absolute Gasteiger partial charge is 0.493 e. The highest BCUT2D eigenvalue weighted by Crippen LogP contribution is 2.24. The average Bonchev–Trinajstić information content (AvgIpc) is 2.96. The van der Waals surface area contributed by atoms with Gasteiger partial charge in [-0.05, 0) is 54.5 Å². The standard InChI is InChI=1S/C18H19N3OS/c1-13(2)12-22-16-10-8-14(9-11-16)17-19-20-18(23)21(17)15-6-4-3-5-7-15/h3-11,13H,12H2,1-2H3,(H,20,23). The summed E-state index contributed by atoms with van der Waals surface area (Å²) >= 11 is 5.37. The molecule has 4 nitrogen and oxygen atoms in total. The minimum Gasteiger partial charge on any atom is -0.493 e. The Morgan fingerprint density at radius 3 is 2.43 bits per heavy atom. The van der Waals surface area contributed by atoms with Gasteiger partial charge in [-0.15, -0.1) is 0 Å². The predicted octanol–water partition coefficient (Wildman–Crippen LogP) is 4.63. The Labute approximate surface area is 140 Å². The zero-order valence-corrected chi connectivity index (χ0v) is 14.0. The third-order valence-corrected chi connectivity index (χ3v) is 3.66. The maximum absolute atomic E-state index is 5.72. The van der Waals surface area contributed by atoms with Crippen LogP contribution in [0.15, 0.2) is 54.6 Å². The highest BCUT2D eigenvalue weighted by atomic mass is 32.1. The van der Waals surface area contributed by atoms with Crippen molar-refractivity contribution in [2.24, 2.45) is 5.92 Å². The number of benzene rings is 2. The maximum Gasteiger partial charge on any atom is 0.200 e. The van der Waals surface area contributed by atoms with Crippen LogP contribution in [0.5, 0.6) is 5.75 Å². The van der Waals surface area contributed by atoms with E-state index in [4.69, 9.17) is 17.0 Å². The quantitative estimate of drug-likeness (QED) is 0.695. The maximum atomic E-state index is 5.72. The Morgan fingerprint density at radius 1 is 1.09 bits per heavy atom. The van der Waals surface area contributed by atoms with Gasteiger partial charge in [0.25, 0.3) is 0 Å². The molecular formula is C18H19N3OS. The molecule has 3 aromatic rings. The molecule has 118 valence electrons. The van der Waals surface area contributed by atoms with E-state index in [0.717, 1.165) is 22.8 Å². The molecule has 0 fully saturated rings. The van der Waals surface area contributed by atoms with Gasteiger partial charge in [0.1, 0.15) is 5.75 Å². The average molecular weight is 325 g/mol. The van der Waals surface area contributed by atoms with Crippen LogP contribution in [0.1, 0.15) is 13.8 Å². The number of nitrogens with zero attached hydrogens (tertiary/aromatic N) is 2. The van der Waals surface area contributed by atoms with Crippen molar-refractivity contribution in [3.63, 3.8) is 0 Å². The lowest BCUT2D eigenvalue weighted by Crippen LogP contribution is -2.04. The molecule has 0 spiro atoms. The van der Waals surface area contributed by atoms with Gasteiger partial charge in [-0.3, -0.25) is 9.67 Å². The third kappa shape index (κ3) is 3.51. The first kappa shape index (κ1) is 15.5. The predicted molar refractivity (Wildman–Crippen MR) is 94.5 cm³/mol. The van der Waals surface area contributed by atoms with Crippen LogP contribution >= 0.6 is 12.2 Å². The van der Waals surface area contributed by atoms with E-state index in [0.29, 0.717) is 17.3 Å². The number of ether oxygens (including phenoxy) is 1. The van der Waals surface area contributed by atoms with Gasteiger partial charge in [0, 0.05) is 11.3 Å². The number of para-hydroxylation sites is 1. The van der Waals surface area contributed by atoms with Crippen molar-refractivity contribution in [1.29, 1.82) is 0 Å². The summed E-state index contributed by atoms with van der Waals surface area (Å²) in [5.74, 6) is 2.16. The van der Waals surface area contributed by atoms with Crippen molar-refractivity contribution >= 4 is 12.2 Å². The molecular weight excluding hydrogens is 306 g/mol. The second-order valence-electron chi connectivity index (χ2n) is 5.75. The summed E-state index contributed by atoms with van der Waals surface area (Å²) in [5, 5.41) is 7.24. The van der Waals surface area contributed by atoms with Crippen LogP contribution in [0.4, 0.5) is 0 Å². The lowest BCUT2D eigenvalue weighted by Gasteiger charge is -2.10. The van der Waals surface area contributed by atoms with Crippen molar-refractivity contribution in [2.45, 2.75) is 13.8 Å². The molecule has 0 saturated carbocycles. The molecule has 0 saturated heterocycles. The lowest BCUT2D eigenvalue weighted by molar-refractivity contribution is 0.271. The fraction of sp³-hybridized carbons (Fsp3) is 0.222. The Bertz CT molecular complexity index is 819. The van der Waals surface area contributed by atoms with Crippen LogP contribution in [0.3, 0.4) is 0 Å². The number of nitrogens with one attached hydrogen (secondary N) is 1. The Kier molecular flexibility index (Phi) is 4.57. The van der Waals surface area contributed by atoms with Crippen LogP contribution < -0.4 is 4.74 Å². The summed E-state index contributed by atoms with van der Waals surface area (Å²) in [6, 6.07) is 17.9. The Balaban J connectivity index is 1.93. The summed E-state index contributed by atoms with van der Waals surface area (Å²) in [6.45, 7) is 4.97. The van der Waals surface area contributed by atoms with E-state index in [9.17, 15) is 0 Å². The highest BCUT2D eigenvalue weighted by molar-refractivity contribution is 7.71. The topological polar surface area (TPSA) is 42.8 Å². The third-order valence-electron chi connectivity index (χ3n) is 3.38. The molecule has 0 aliphatic carbocycles. The molecule has 2 aromatic carbocycles. The van der Waals surface area contributed by atoms with Crippen molar-refractivity contribution in [3.8, 4) is 22.8 Å². The minimum absolute atomic E-state index is 0.504. The molecule has 0 bridgehead atoms. The molecule has 0 unspecified atom stereocenters. The molecule has 1 aromatic heterocycles. The molecule has 0 amide bonds. The van der Waals surface area contributed by atoms with Crippen molar-refractivity contribution < 1.29 is 4.74 Å². The number of H-pyrrole nitrogens is 1. The van der Waals surface area contributed by atoms with E-state index in [1.54, 1.807) is 0 Å². The van der Waals surface area contributed by atoms with Gasteiger partial charge >= 0.3 is 0 Å². The Hall–Kier alpha value is -2.40. The van der Waals surface area contributed by atoms with E-state index in [1.165, 1.54) is 0 Å². The van der Waals surface area contributed by atoms with Crippen LogP contribution in [-0.2, 0) is 0 Å². The molecule has 23 heavy (non-hydrogen) atoms. The van der Waals surface area contributed by atoms with Crippen molar-refractivity contribution in [3.05, 3.63) is 59.4 Å². The zero-order chi connectivity index (χ0) is 16.2. The molecule has 0 aliphatic heterocycles. The van der Waals surface area contributed by atoms with Gasteiger partial charge in [-0.2, -0.15) is 5.10 Å². The summed E-state index contributed by atoms with van der Waals surface area (Å²) in [4.78, 5) is 0. The number of hydrogen-bond acceptors (Lipinski definition) is 3. The second kappa shape index (κ2) is 6.79. The summed E-state index contributed by atoms with van der Waals surface area (Å²) in [5.41, 5.74) is 1.97. The minimum atomic E-state index is 0.504. The molecule has 3 rings (SSSR count). The molecule has 0 aliphatic rings. The SMILES string of the molecule is CC(C)COc1ccc(-c2n[nH]c(=S)n2-c2ccccc2)cc1. The first-order valence-electron chi connectivity index (χ1n) is 7.61. The van der Waals surface area contributed by atoms with Crippen LogP contribution in [0.2, 0.25) is 0 Å². The molecule has 1 N–H and O–H groups in total. The van der Waals surface area contributed by atoms with Crippen LogP contribution in [0, 0.1) is 10.7 Å². The van der Waals surface area contributed by atoms with Crippen LogP contribution in [0.25, 0.3) is 17.1 Å². The van der Waals surface area contributed by atoms with Gasteiger partial charge in [0.15, 0.2) is 10.6 Å². The van der Waals surface area contributed by atoms with E-state index < -0.39 is 0 Å². The number of rotatable bonds is 5. The Morgan fingerprint density at radius 2 is 1.78 bits per heavy atom. The van der Waals surface area contributed by atoms with Gasteiger partial charge in [-0.25, -0.2) is 0 Å². The van der Waals surface area contributed by atoms with Crippen molar-refractivity contribution in [2.75, 3.05) is 6.61 Å². The van der Waals surface area contributed by atoms with Gasteiger partial charge in [0.2, 0.25) is 0 Å². The smallest absolute Gasteiger partial charge is 0.200 e. The van der Waals surface area contributed by atoms with Crippen molar-refractivity contribution in [1.82, 2.24) is 14.8 Å². The second-order valence-corrected chi connectivity index (χ2v) is 6.14. The molecule has 1 heterocycles. The molecule has 0 radical (unpaired) electrons. The van der Waals surface area contributed by atoms with Crippen LogP contribution in [-0.4, -0.2) is 21.4 Å². The molecule has 0 atom stereocenters. The first-order chi connectivity index (χ1) is 11.1. The fourth-order valence-electron chi connectivity index (χ4n) is 2.27. The van der Waals surface area contributed by atoms with Gasteiger partial charge in [0.05, 0.1) is 6.61 Å². The fourth-order valence-corrected chi connectivity index (χ4v) is 2.51. The highest BCUT2D eigenvalue weighted by Gasteiger charge is 2.10. The molecule has 5 heteroatoms. The van der Waals surface area contributed by atoms with Gasteiger partial charge < -0.3 is 4.74 Å². The van der Waals surface area contributed by atoms with E-state index >= 15 is 0 Å². The monoisotopic (exact) mass is 325 g/mol. The number of aromatic nitrogens is 3. The summed E-state index contributed by atoms with van der Waals surface area (Å²) < 4.78 is 8.23. The lowest BCUT2D eigenvalue weighted by atomic mass is 10.2. The summed E-state index contributed by atoms with van der Waals surface area (Å²) in [7, 11) is 0. The summed E-state index contributed by atoms with van der Waals surface area (Å²) in [6.07, 6.45) is 0. The van der Waals surface area contributed by atoms with E-state index in [2.05, 4.69) is 24.0 Å². The van der Waals surface area contributed by atoms with E-state index in [-0.39, 0.29) is 0 Å². The zero-order valence-electron chi connectivity index (χ0n) is 13.2. The number of aromatic amines is 1. The normalized spacial score (nSPS) is 10.9. The number of hydrogen-bond donors (Lipinski definition) is 1. The van der Waals surface area contributed by atoms with Gasteiger partial charge in [-0.1, -0.05) is 32.0 Å². The van der Waals surface area contributed by atoms with E-state index in [1.807, 2.05) is 59.2 Å².